The van der Waals surface area contributed by atoms with E-state index >= 15 is 4.39 Å². The second-order valence-electron chi connectivity index (χ2n) is 12.0. The third-order valence-corrected chi connectivity index (χ3v) is 7.38. The van der Waals surface area contributed by atoms with Crippen molar-refractivity contribution in [2.45, 2.75) is 58.1 Å². The van der Waals surface area contributed by atoms with E-state index in [1.807, 2.05) is 29.2 Å². The smallest absolute Gasteiger partial charge is 0.471 e. The summed E-state index contributed by atoms with van der Waals surface area (Å²) in [7, 11) is 1.59. The third-order valence-electron chi connectivity index (χ3n) is 7.38. The number of methoxy groups -OCH3 is 1. The number of halogens is 4. The van der Waals surface area contributed by atoms with E-state index in [9.17, 15) is 22.8 Å². The highest BCUT2D eigenvalue weighted by molar-refractivity contribution is 6.01. The molecule has 2 aromatic heterocycles. The van der Waals surface area contributed by atoms with Crippen LogP contribution in [0.15, 0.2) is 54.7 Å². The Morgan fingerprint density at radius 2 is 1.80 bits per heavy atom. The zero-order valence-corrected chi connectivity index (χ0v) is 25.7. The first-order chi connectivity index (χ1) is 21.7. The number of nitrogens with one attached hydrogen (secondary N) is 2. The molecule has 10 nitrogen and oxygen atoms in total. The second kappa shape index (κ2) is 12.9. The average Bonchev–Trinajstić information content (AvgIpc) is 3.59. The monoisotopic (exact) mass is 642 g/mol. The van der Waals surface area contributed by atoms with E-state index in [0.29, 0.717) is 59.8 Å². The fraction of sp³-hybridized carbons (Fsp3) is 0.375. The van der Waals surface area contributed by atoms with Crippen LogP contribution in [0.2, 0.25) is 0 Å². The molecule has 0 spiro atoms. The molecule has 0 radical (unpaired) electrons. The highest BCUT2D eigenvalue weighted by Crippen LogP contribution is 2.37. The van der Waals surface area contributed by atoms with Gasteiger partial charge in [-0.25, -0.2) is 18.9 Å². The lowest BCUT2D eigenvalue weighted by Gasteiger charge is -2.22. The number of fused-ring (bicyclic) bond motifs is 1. The molecular weight excluding hydrogens is 608 g/mol. The Bertz CT molecular complexity index is 1730. The van der Waals surface area contributed by atoms with Gasteiger partial charge in [0.05, 0.1) is 25.1 Å². The van der Waals surface area contributed by atoms with E-state index in [1.54, 1.807) is 56.2 Å². The van der Waals surface area contributed by atoms with Crippen LogP contribution in [0.25, 0.3) is 22.2 Å². The standard InChI is InChI=1S/C32H34F4N6O4/c1-31(2,3)46-30(44)39-22-12-14-41(18-22)28-26-24(20-7-8-21(25(33)15-20)16-38-29(43)32(34,35)36)11-13-37-27(26)42(40-28)17-19-5-9-23(45-4)10-6-19/h5-11,13,15,22H,12,14,16-18H2,1-4H3,(H,38,43)(H,39,44)/t22-/m1/s1. The van der Waals surface area contributed by atoms with Gasteiger partial charge in [0, 0.05) is 31.4 Å². The molecule has 5 rings (SSSR count). The number of alkyl halides is 3. The van der Waals surface area contributed by atoms with Gasteiger partial charge >= 0.3 is 18.2 Å². The summed E-state index contributed by atoms with van der Waals surface area (Å²) in [6.45, 7) is 6.12. The summed E-state index contributed by atoms with van der Waals surface area (Å²) in [6.07, 6.45) is -3.37. The Balaban J connectivity index is 1.49. The van der Waals surface area contributed by atoms with Crippen LogP contribution in [0.4, 0.5) is 28.2 Å². The van der Waals surface area contributed by atoms with Crippen molar-refractivity contribution < 1.29 is 36.6 Å². The molecule has 1 aliphatic heterocycles. The third kappa shape index (κ3) is 7.49. The van der Waals surface area contributed by atoms with E-state index < -0.39 is 36.1 Å². The van der Waals surface area contributed by atoms with Crippen molar-refractivity contribution >= 4 is 28.9 Å². The van der Waals surface area contributed by atoms with Crippen LogP contribution < -0.4 is 20.3 Å². The molecule has 244 valence electrons. The molecule has 1 aliphatic rings. The van der Waals surface area contributed by atoms with Crippen LogP contribution in [0.1, 0.15) is 38.3 Å². The molecule has 46 heavy (non-hydrogen) atoms. The minimum Gasteiger partial charge on any atom is -0.497 e. The summed E-state index contributed by atoms with van der Waals surface area (Å²) in [5, 5.41) is 10.2. The molecule has 0 aliphatic carbocycles. The molecule has 2 amide bonds. The average molecular weight is 643 g/mol. The van der Waals surface area contributed by atoms with E-state index in [4.69, 9.17) is 14.6 Å². The Kier molecular flexibility index (Phi) is 9.08. The van der Waals surface area contributed by atoms with Gasteiger partial charge in [-0.2, -0.15) is 18.3 Å². The molecule has 2 aromatic carbocycles. The van der Waals surface area contributed by atoms with E-state index in [0.717, 1.165) is 5.56 Å². The summed E-state index contributed by atoms with van der Waals surface area (Å²) < 4.78 is 65.5. The molecular formula is C32H34F4N6O4. The highest BCUT2D eigenvalue weighted by atomic mass is 19.4. The minimum atomic E-state index is -5.07. The number of carbonyl (C=O) groups is 2. The lowest BCUT2D eigenvalue weighted by Crippen LogP contribution is -2.40. The van der Waals surface area contributed by atoms with Crippen molar-refractivity contribution in [3.05, 3.63) is 71.7 Å². The van der Waals surface area contributed by atoms with Gasteiger partial charge in [0.25, 0.3) is 0 Å². The number of nitrogens with zero attached hydrogens (tertiary/aromatic N) is 4. The fourth-order valence-electron chi connectivity index (χ4n) is 5.23. The molecule has 2 N–H and O–H groups in total. The minimum absolute atomic E-state index is 0.0994. The van der Waals surface area contributed by atoms with Gasteiger partial charge in [0.15, 0.2) is 11.5 Å². The van der Waals surface area contributed by atoms with E-state index in [1.165, 1.54) is 12.1 Å². The summed E-state index contributed by atoms with van der Waals surface area (Å²) >= 11 is 0. The number of rotatable bonds is 8. The van der Waals surface area contributed by atoms with Crippen molar-refractivity contribution in [2.75, 3.05) is 25.1 Å². The number of alkyl carbamates (subject to hydrolysis) is 1. The molecule has 1 fully saturated rings. The van der Waals surface area contributed by atoms with Crippen molar-refractivity contribution in [3.63, 3.8) is 0 Å². The van der Waals surface area contributed by atoms with E-state index in [-0.39, 0.29) is 11.6 Å². The van der Waals surface area contributed by atoms with Crippen LogP contribution in [-0.4, -0.2) is 64.8 Å². The Labute approximate surface area is 262 Å². The lowest BCUT2D eigenvalue weighted by molar-refractivity contribution is -0.173. The quantitative estimate of drug-likeness (QED) is 0.242. The number of ether oxygens (including phenoxy) is 2. The Morgan fingerprint density at radius 1 is 1.07 bits per heavy atom. The largest absolute Gasteiger partial charge is 0.497 e. The topological polar surface area (TPSA) is 111 Å². The van der Waals surface area contributed by atoms with Gasteiger partial charge in [-0.15, -0.1) is 0 Å². The van der Waals surface area contributed by atoms with Gasteiger partial charge < -0.3 is 25.0 Å². The van der Waals surface area contributed by atoms with Crippen LogP contribution in [-0.2, 0) is 22.6 Å². The van der Waals surface area contributed by atoms with Gasteiger partial charge in [-0.3, -0.25) is 4.79 Å². The van der Waals surface area contributed by atoms with Crippen molar-refractivity contribution in [3.8, 4) is 16.9 Å². The number of hydrogen-bond acceptors (Lipinski definition) is 7. The van der Waals surface area contributed by atoms with Gasteiger partial charge in [0.1, 0.15) is 17.2 Å². The maximum atomic E-state index is 15.2. The summed E-state index contributed by atoms with van der Waals surface area (Å²) in [6, 6.07) is 13.2. The predicted molar refractivity (Wildman–Crippen MR) is 163 cm³/mol. The number of aromatic nitrogens is 3. The van der Waals surface area contributed by atoms with Crippen LogP contribution in [0.3, 0.4) is 0 Å². The maximum absolute atomic E-state index is 15.2. The molecule has 0 unspecified atom stereocenters. The first-order valence-electron chi connectivity index (χ1n) is 14.6. The van der Waals surface area contributed by atoms with Gasteiger partial charge in [0.2, 0.25) is 0 Å². The SMILES string of the molecule is COc1ccc(Cn2nc(N3CC[C@@H](NC(=O)OC(C)(C)C)C3)c3c(-c4ccc(CNC(=O)C(F)(F)F)c(F)c4)ccnc32)cc1. The number of hydrogen-bond donors (Lipinski definition) is 2. The predicted octanol–water partition coefficient (Wildman–Crippen LogP) is 5.58. The van der Waals surface area contributed by atoms with Crippen molar-refractivity contribution in [1.82, 2.24) is 25.4 Å². The number of pyridine rings is 1. The lowest BCUT2D eigenvalue weighted by atomic mass is 10.0. The summed E-state index contributed by atoms with van der Waals surface area (Å²) in [4.78, 5) is 30.3. The molecule has 14 heteroatoms. The first kappa shape index (κ1) is 32.5. The van der Waals surface area contributed by atoms with Crippen molar-refractivity contribution in [2.24, 2.45) is 0 Å². The number of anilines is 1. The molecule has 0 bridgehead atoms. The zero-order chi connectivity index (χ0) is 33.2. The fourth-order valence-corrected chi connectivity index (χ4v) is 5.23. The zero-order valence-electron chi connectivity index (χ0n) is 25.7. The number of carbonyl (C=O) groups excluding carboxylic acids is 2. The number of benzene rings is 2. The molecule has 4 aromatic rings. The maximum Gasteiger partial charge on any atom is 0.471 e. The summed E-state index contributed by atoms with van der Waals surface area (Å²) in [5.41, 5.74) is 1.78. The van der Waals surface area contributed by atoms with Crippen molar-refractivity contribution in [1.29, 1.82) is 0 Å². The van der Waals surface area contributed by atoms with Crippen LogP contribution in [0.5, 0.6) is 5.75 Å². The first-order valence-corrected chi connectivity index (χ1v) is 14.6. The second-order valence-corrected chi connectivity index (χ2v) is 12.0. The van der Waals surface area contributed by atoms with Crippen LogP contribution in [0, 0.1) is 5.82 Å². The molecule has 1 atom stereocenters. The Morgan fingerprint density at radius 3 is 2.46 bits per heavy atom. The highest BCUT2D eigenvalue weighted by Gasteiger charge is 2.38. The van der Waals surface area contributed by atoms with E-state index in [2.05, 4.69) is 10.3 Å². The van der Waals surface area contributed by atoms with Gasteiger partial charge in [-0.05, 0) is 68.1 Å². The van der Waals surface area contributed by atoms with Crippen LogP contribution >= 0.6 is 0 Å². The number of amides is 2. The normalized spacial score (nSPS) is 15.2. The summed E-state index contributed by atoms with van der Waals surface area (Å²) in [5.74, 6) is -1.63. The molecule has 1 saturated heterocycles. The Hall–Kier alpha value is -4.88. The molecule has 3 heterocycles. The van der Waals surface area contributed by atoms with Gasteiger partial charge in [-0.1, -0.05) is 24.3 Å². The molecule has 0 saturated carbocycles.